The highest BCUT2D eigenvalue weighted by atomic mass is 16.5. The Morgan fingerprint density at radius 2 is 1.38 bits per heavy atom. The Kier molecular flexibility index (Phi) is 6.45. The molecule has 5 nitrogen and oxygen atoms in total. The maximum atomic E-state index is 12.1. The molecule has 0 spiro atoms. The average Bonchev–Trinajstić information content (AvgIpc) is 2.70. The van der Waals surface area contributed by atoms with Crippen LogP contribution in [0.25, 0.3) is 0 Å². The minimum Gasteiger partial charge on any atom is -0.461 e. The monoisotopic (exact) mass is 347 g/mol. The third-order valence-corrected chi connectivity index (χ3v) is 3.87. The first-order chi connectivity index (χ1) is 12.8. The fourth-order valence-electron chi connectivity index (χ4n) is 2.58. The van der Waals surface area contributed by atoms with Crippen molar-refractivity contribution in [3.63, 3.8) is 0 Å². The first kappa shape index (κ1) is 17.8. The molecule has 0 radical (unpaired) electrons. The number of hydrogen-bond donors (Lipinski definition) is 0. The number of hydrogen-bond acceptors (Lipinski definition) is 5. The van der Waals surface area contributed by atoms with Gasteiger partial charge in [0.05, 0.1) is 17.0 Å². The molecule has 3 aromatic rings. The van der Waals surface area contributed by atoms with E-state index in [1.54, 1.807) is 24.5 Å². The smallest absolute Gasteiger partial charge is 0.338 e. The quantitative estimate of drug-likeness (QED) is 0.585. The minimum absolute atomic E-state index is 0.304. The highest BCUT2D eigenvalue weighted by molar-refractivity contribution is 5.89. The molecule has 0 aliphatic heterocycles. The zero-order valence-electron chi connectivity index (χ0n) is 14.5. The first-order valence-corrected chi connectivity index (χ1v) is 8.55. The molecule has 0 unspecified atom stereocenters. The van der Waals surface area contributed by atoms with Gasteiger partial charge in [0.15, 0.2) is 0 Å². The lowest BCUT2D eigenvalue weighted by Crippen LogP contribution is -2.28. The zero-order valence-corrected chi connectivity index (χ0v) is 14.5. The Hall–Kier alpha value is -3.05. The molecule has 0 amide bonds. The normalized spacial score (nSPS) is 10.7. The lowest BCUT2D eigenvalue weighted by Gasteiger charge is -2.21. The summed E-state index contributed by atoms with van der Waals surface area (Å²) in [6.07, 6.45) is 3.56. The summed E-state index contributed by atoms with van der Waals surface area (Å²) in [7, 11) is 0. The maximum absolute atomic E-state index is 12.1. The first-order valence-electron chi connectivity index (χ1n) is 8.55. The second kappa shape index (κ2) is 9.44. The fourth-order valence-corrected chi connectivity index (χ4v) is 2.58. The van der Waals surface area contributed by atoms with E-state index in [4.69, 9.17) is 4.74 Å². The van der Waals surface area contributed by atoms with Gasteiger partial charge in [-0.2, -0.15) is 0 Å². The van der Waals surface area contributed by atoms with E-state index in [9.17, 15) is 4.79 Å². The standard InChI is InChI=1S/C21H21N3O2/c25-21(18-8-2-1-3-9-18)26-15-14-24(16-19-10-4-6-12-22-19)17-20-11-5-7-13-23-20/h1-13H,14-17H2. The van der Waals surface area contributed by atoms with Crippen LogP contribution in [0.5, 0.6) is 0 Å². The minimum atomic E-state index is -0.304. The van der Waals surface area contributed by atoms with Crippen LogP contribution < -0.4 is 0 Å². The molecule has 0 atom stereocenters. The van der Waals surface area contributed by atoms with E-state index in [1.165, 1.54) is 0 Å². The Morgan fingerprint density at radius 1 is 0.808 bits per heavy atom. The van der Waals surface area contributed by atoms with Crippen LogP contribution in [0, 0.1) is 0 Å². The number of aromatic nitrogens is 2. The van der Waals surface area contributed by atoms with Gasteiger partial charge in [-0.25, -0.2) is 4.79 Å². The predicted molar refractivity (Wildman–Crippen MR) is 99.3 cm³/mol. The predicted octanol–water partition coefficient (Wildman–Crippen LogP) is 3.34. The molecule has 0 fully saturated rings. The van der Waals surface area contributed by atoms with Crippen LogP contribution in [0.4, 0.5) is 0 Å². The number of nitrogens with zero attached hydrogens (tertiary/aromatic N) is 3. The van der Waals surface area contributed by atoms with E-state index in [1.807, 2.05) is 54.6 Å². The number of ether oxygens (including phenoxy) is 1. The van der Waals surface area contributed by atoms with Gasteiger partial charge >= 0.3 is 5.97 Å². The molecule has 0 aliphatic rings. The number of carbonyl (C=O) groups excluding carboxylic acids is 1. The molecule has 5 heteroatoms. The van der Waals surface area contributed by atoms with Crippen molar-refractivity contribution in [2.45, 2.75) is 13.1 Å². The van der Waals surface area contributed by atoms with E-state index in [-0.39, 0.29) is 5.97 Å². The summed E-state index contributed by atoms with van der Waals surface area (Å²) in [4.78, 5) is 23.0. The third-order valence-electron chi connectivity index (χ3n) is 3.87. The molecule has 0 aliphatic carbocycles. The van der Waals surface area contributed by atoms with Crippen LogP contribution in [0.1, 0.15) is 21.7 Å². The van der Waals surface area contributed by atoms with Crippen molar-refractivity contribution in [1.82, 2.24) is 14.9 Å². The second-order valence-corrected chi connectivity index (χ2v) is 5.85. The van der Waals surface area contributed by atoms with E-state index < -0.39 is 0 Å². The summed E-state index contributed by atoms with van der Waals surface area (Å²) >= 11 is 0. The molecule has 2 aromatic heterocycles. The van der Waals surface area contributed by atoms with E-state index in [0.29, 0.717) is 31.8 Å². The van der Waals surface area contributed by atoms with E-state index >= 15 is 0 Å². The van der Waals surface area contributed by atoms with Crippen molar-refractivity contribution in [3.05, 3.63) is 96.1 Å². The van der Waals surface area contributed by atoms with Crippen LogP contribution in [-0.2, 0) is 17.8 Å². The molecule has 0 N–H and O–H groups in total. The van der Waals surface area contributed by atoms with Gasteiger partial charge in [-0.1, -0.05) is 30.3 Å². The molecular formula is C21H21N3O2. The van der Waals surface area contributed by atoms with Crippen molar-refractivity contribution in [2.24, 2.45) is 0 Å². The molecular weight excluding hydrogens is 326 g/mol. The molecule has 0 bridgehead atoms. The summed E-state index contributed by atoms with van der Waals surface area (Å²) < 4.78 is 5.41. The zero-order chi connectivity index (χ0) is 18.0. The Balaban J connectivity index is 1.59. The van der Waals surface area contributed by atoms with Crippen LogP contribution in [0.15, 0.2) is 79.1 Å². The van der Waals surface area contributed by atoms with Crippen LogP contribution in [0.3, 0.4) is 0 Å². The van der Waals surface area contributed by atoms with E-state index in [0.717, 1.165) is 11.4 Å². The van der Waals surface area contributed by atoms with E-state index in [2.05, 4.69) is 14.9 Å². The van der Waals surface area contributed by atoms with Crippen LogP contribution >= 0.6 is 0 Å². The van der Waals surface area contributed by atoms with Gasteiger partial charge in [0.25, 0.3) is 0 Å². The molecule has 2 heterocycles. The summed E-state index contributed by atoms with van der Waals surface area (Å²) in [5, 5.41) is 0. The Morgan fingerprint density at radius 3 is 1.92 bits per heavy atom. The molecule has 0 saturated carbocycles. The van der Waals surface area contributed by atoms with Gasteiger partial charge < -0.3 is 4.74 Å². The number of esters is 1. The maximum Gasteiger partial charge on any atom is 0.338 e. The fraction of sp³-hybridized carbons (Fsp3) is 0.190. The van der Waals surface area contributed by atoms with Gasteiger partial charge in [0.1, 0.15) is 6.61 Å². The third kappa shape index (κ3) is 5.50. The highest BCUT2D eigenvalue weighted by Gasteiger charge is 2.11. The SMILES string of the molecule is O=C(OCCN(Cc1ccccn1)Cc1ccccn1)c1ccccc1. The molecule has 3 rings (SSSR count). The molecule has 132 valence electrons. The average molecular weight is 347 g/mol. The summed E-state index contributed by atoms with van der Waals surface area (Å²) in [6.45, 7) is 2.25. The Labute approximate surface area is 153 Å². The number of benzene rings is 1. The van der Waals surface area contributed by atoms with Gasteiger partial charge in [-0.15, -0.1) is 0 Å². The highest BCUT2D eigenvalue weighted by Crippen LogP contribution is 2.07. The Bertz CT molecular complexity index is 754. The van der Waals surface area contributed by atoms with Crippen molar-refractivity contribution in [3.8, 4) is 0 Å². The van der Waals surface area contributed by atoms with Gasteiger partial charge in [0.2, 0.25) is 0 Å². The summed E-state index contributed by atoms with van der Waals surface area (Å²) in [5.74, 6) is -0.304. The van der Waals surface area contributed by atoms with Crippen molar-refractivity contribution in [2.75, 3.05) is 13.2 Å². The molecule has 1 aromatic carbocycles. The van der Waals surface area contributed by atoms with Crippen LogP contribution in [0.2, 0.25) is 0 Å². The lowest BCUT2D eigenvalue weighted by atomic mass is 10.2. The van der Waals surface area contributed by atoms with Crippen molar-refractivity contribution >= 4 is 5.97 Å². The van der Waals surface area contributed by atoms with Crippen molar-refractivity contribution < 1.29 is 9.53 Å². The second-order valence-electron chi connectivity index (χ2n) is 5.85. The lowest BCUT2D eigenvalue weighted by molar-refractivity contribution is 0.0452. The number of carbonyl (C=O) groups is 1. The van der Waals surface area contributed by atoms with Crippen LogP contribution in [-0.4, -0.2) is 34.0 Å². The largest absolute Gasteiger partial charge is 0.461 e. The summed E-state index contributed by atoms with van der Waals surface area (Å²) in [6, 6.07) is 20.7. The number of pyridine rings is 2. The van der Waals surface area contributed by atoms with Gasteiger partial charge in [-0.05, 0) is 36.4 Å². The summed E-state index contributed by atoms with van der Waals surface area (Å²) in [5.41, 5.74) is 2.50. The molecule has 0 saturated heterocycles. The van der Waals surface area contributed by atoms with Crippen molar-refractivity contribution in [1.29, 1.82) is 0 Å². The van der Waals surface area contributed by atoms with Gasteiger partial charge in [-0.3, -0.25) is 14.9 Å². The number of rotatable bonds is 8. The molecule has 26 heavy (non-hydrogen) atoms. The topological polar surface area (TPSA) is 55.3 Å². The van der Waals surface area contributed by atoms with Gasteiger partial charge in [0, 0.05) is 32.0 Å².